The number of ether oxygens (including phenoxy) is 3. The van der Waals surface area contributed by atoms with Crippen LogP contribution in [0.3, 0.4) is 0 Å². The van der Waals surface area contributed by atoms with E-state index in [-0.39, 0.29) is 11.9 Å². The van der Waals surface area contributed by atoms with E-state index in [2.05, 4.69) is 0 Å². The van der Waals surface area contributed by atoms with E-state index < -0.39 is 0 Å². The zero-order valence-corrected chi connectivity index (χ0v) is 10.2. The van der Waals surface area contributed by atoms with Gasteiger partial charge in [0.25, 0.3) is 0 Å². The van der Waals surface area contributed by atoms with E-state index in [4.69, 9.17) is 14.2 Å². The fourth-order valence-electron chi connectivity index (χ4n) is 1.72. The van der Waals surface area contributed by atoms with Crippen LogP contribution in [-0.2, 0) is 4.79 Å². The summed E-state index contributed by atoms with van der Waals surface area (Å²) in [6, 6.07) is 5.08. The summed E-state index contributed by atoms with van der Waals surface area (Å²) in [6.07, 6.45) is 0.923. The average Bonchev–Trinajstić information content (AvgIpc) is 3.06. The molecule has 4 nitrogen and oxygen atoms in total. The molecule has 4 heteroatoms. The molecule has 0 bridgehead atoms. The number of methoxy groups -OCH3 is 2. The highest BCUT2D eigenvalue weighted by molar-refractivity contribution is 5.78. The quantitative estimate of drug-likeness (QED) is 0.594. The summed E-state index contributed by atoms with van der Waals surface area (Å²) in [5.41, 5.74) is 0. The topological polar surface area (TPSA) is 44.8 Å². The lowest BCUT2D eigenvalue weighted by molar-refractivity contribution is -0.136. The van der Waals surface area contributed by atoms with Crippen LogP contribution in [-0.4, -0.2) is 20.2 Å². The van der Waals surface area contributed by atoms with Gasteiger partial charge in [-0.3, -0.25) is 4.79 Å². The predicted molar refractivity (Wildman–Crippen MR) is 62.5 cm³/mol. The third-order valence-electron chi connectivity index (χ3n) is 2.99. The van der Waals surface area contributed by atoms with Crippen molar-refractivity contribution in [3.05, 3.63) is 18.2 Å². The van der Waals surface area contributed by atoms with Crippen molar-refractivity contribution < 1.29 is 19.0 Å². The molecular weight excluding hydrogens is 220 g/mol. The Morgan fingerprint density at radius 3 is 2.41 bits per heavy atom. The largest absolute Gasteiger partial charge is 0.493 e. The molecule has 0 spiro atoms. The molecule has 1 fully saturated rings. The van der Waals surface area contributed by atoms with Crippen LogP contribution in [0.4, 0.5) is 0 Å². The van der Waals surface area contributed by atoms with Crippen LogP contribution < -0.4 is 14.2 Å². The lowest BCUT2D eigenvalue weighted by Crippen LogP contribution is -2.11. The summed E-state index contributed by atoms with van der Waals surface area (Å²) in [7, 11) is 3.11. The third-order valence-corrected chi connectivity index (χ3v) is 2.99. The highest BCUT2D eigenvalue weighted by atomic mass is 16.5. The lowest BCUT2D eigenvalue weighted by atomic mass is 10.3. The van der Waals surface area contributed by atoms with Crippen LogP contribution in [0, 0.1) is 11.8 Å². The molecule has 1 saturated carbocycles. The van der Waals surface area contributed by atoms with Gasteiger partial charge in [-0.1, -0.05) is 6.92 Å². The van der Waals surface area contributed by atoms with Crippen molar-refractivity contribution in [3.8, 4) is 17.2 Å². The Morgan fingerprint density at radius 2 is 1.88 bits per heavy atom. The van der Waals surface area contributed by atoms with Crippen LogP contribution in [0.2, 0.25) is 0 Å². The zero-order chi connectivity index (χ0) is 12.4. The lowest BCUT2D eigenvalue weighted by Gasteiger charge is -2.09. The molecule has 0 heterocycles. The van der Waals surface area contributed by atoms with Gasteiger partial charge in [0.1, 0.15) is 5.75 Å². The molecule has 2 rings (SSSR count). The number of carbonyl (C=O) groups excluding carboxylic acids is 1. The van der Waals surface area contributed by atoms with Crippen molar-refractivity contribution in [3.63, 3.8) is 0 Å². The van der Waals surface area contributed by atoms with Crippen LogP contribution in [0.1, 0.15) is 13.3 Å². The molecule has 0 N–H and O–H groups in total. The minimum atomic E-state index is -0.162. The molecule has 0 radical (unpaired) electrons. The number of esters is 1. The second-order valence-corrected chi connectivity index (χ2v) is 4.26. The highest BCUT2D eigenvalue weighted by Crippen LogP contribution is 2.39. The molecule has 0 aliphatic heterocycles. The van der Waals surface area contributed by atoms with E-state index in [1.165, 1.54) is 0 Å². The molecule has 92 valence electrons. The Hall–Kier alpha value is -1.71. The fourth-order valence-corrected chi connectivity index (χ4v) is 1.72. The third kappa shape index (κ3) is 2.52. The van der Waals surface area contributed by atoms with Crippen molar-refractivity contribution in [2.75, 3.05) is 14.2 Å². The monoisotopic (exact) mass is 236 g/mol. The Bertz CT molecular complexity index is 427. The van der Waals surface area contributed by atoms with Gasteiger partial charge in [0.2, 0.25) is 0 Å². The predicted octanol–water partition coefficient (Wildman–Crippen LogP) is 2.27. The average molecular weight is 236 g/mol. The normalized spacial score (nSPS) is 21.8. The summed E-state index contributed by atoms with van der Waals surface area (Å²) < 4.78 is 15.5. The van der Waals surface area contributed by atoms with Gasteiger partial charge in [0.15, 0.2) is 11.5 Å². The minimum absolute atomic E-state index is 0.0584. The fraction of sp³-hybridized carbons (Fsp3) is 0.462. The van der Waals surface area contributed by atoms with Gasteiger partial charge in [-0.25, -0.2) is 0 Å². The maximum absolute atomic E-state index is 11.6. The Labute approximate surface area is 100 Å². The number of carbonyl (C=O) groups is 1. The molecule has 2 atom stereocenters. The van der Waals surface area contributed by atoms with Crippen LogP contribution in [0.25, 0.3) is 0 Å². The standard InChI is InChI=1S/C13H16O4/c1-8-6-10(8)13(14)17-9-4-5-11(15-2)12(7-9)16-3/h4-5,7-8,10H,6H2,1-3H3/t8-,10-/m0/s1. The van der Waals surface area contributed by atoms with Crippen molar-refractivity contribution in [2.24, 2.45) is 11.8 Å². The molecule has 1 aliphatic carbocycles. The van der Waals surface area contributed by atoms with Gasteiger partial charge in [0.05, 0.1) is 20.1 Å². The molecule has 0 aromatic heterocycles. The van der Waals surface area contributed by atoms with Gasteiger partial charge in [-0.15, -0.1) is 0 Å². The molecule has 0 unspecified atom stereocenters. The number of benzene rings is 1. The molecule has 0 saturated heterocycles. The SMILES string of the molecule is COc1ccc(OC(=O)[C@H]2C[C@@H]2C)cc1OC. The van der Waals surface area contributed by atoms with E-state index in [0.29, 0.717) is 23.2 Å². The van der Waals surface area contributed by atoms with E-state index in [9.17, 15) is 4.79 Å². The summed E-state index contributed by atoms with van der Waals surface area (Å²) in [4.78, 5) is 11.6. The number of hydrogen-bond acceptors (Lipinski definition) is 4. The number of hydrogen-bond donors (Lipinski definition) is 0. The van der Waals surface area contributed by atoms with Crippen molar-refractivity contribution in [1.82, 2.24) is 0 Å². The molecule has 0 amide bonds. The summed E-state index contributed by atoms with van der Waals surface area (Å²) >= 11 is 0. The minimum Gasteiger partial charge on any atom is -0.493 e. The van der Waals surface area contributed by atoms with Crippen molar-refractivity contribution >= 4 is 5.97 Å². The van der Waals surface area contributed by atoms with Gasteiger partial charge < -0.3 is 14.2 Å². The maximum atomic E-state index is 11.6. The smallest absolute Gasteiger partial charge is 0.314 e. The first-order chi connectivity index (χ1) is 8.15. The molecule has 1 aliphatic rings. The van der Waals surface area contributed by atoms with Crippen LogP contribution in [0.15, 0.2) is 18.2 Å². The van der Waals surface area contributed by atoms with Crippen LogP contribution >= 0.6 is 0 Å². The first-order valence-corrected chi connectivity index (χ1v) is 5.59. The number of rotatable bonds is 4. The molecule has 17 heavy (non-hydrogen) atoms. The summed E-state index contributed by atoms with van der Waals surface area (Å²) in [5, 5.41) is 0. The van der Waals surface area contributed by atoms with Crippen molar-refractivity contribution in [1.29, 1.82) is 0 Å². The Morgan fingerprint density at radius 1 is 1.24 bits per heavy atom. The maximum Gasteiger partial charge on any atom is 0.314 e. The van der Waals surface area contributed by atoms with E-state index in [0.717, 1.165) is 6.42 Å². The molecule has 1 aromatic carbocycles. The van der Waals surface area contributed by atoms with Crippen molar-refractivity contribution in [2.45, 2.75) is 13.3 Å². The first-order valence-electron chi connectivity index (χ1n) is 5.59. The summed E-state index contributed by atoms with van der Waals surface area (Å²) in [6.45, 7) is 2.04. The Balaban J connectivity index is 2.08. The van der Waals surface area contributed by atoms with Gasteiger partial charge in [-0.2, -0.15) is 0 Å². The van der Waals surface area contributed by atoms with Gasteiger partial charge >= 0.3 is 5.97 Å². The van der Waals surface area contributed by atoms with Gasteiger partial charge in [-0.05, 0) is 24.5 Å². The first kappa shape index (κ1) is 11.8. The van der Waals surface area contributed by atoms with E-state index in [1.807, 2.05) is 6.92 Å². The van der Waals surface area contributed by atoms with E-state index in [1.54, 1.807) is 32.4 Å². The van der Waals surface area contributed by atoms with Gasteiger partial charge in [0, 0.05) is 6.07 Å². The zero-order valence-electron chi connectivity index (χ0n) is 10.2. The highest BCUT2D eigenvalue weighted by Gasteiger charge is 2.40. The second-order valence-electron chi connectivity index (χ2n) is 4.26. The summed E-state index contributed by atoms with van der Waals surface area (Å²) in [5.74, 6) is 2.01. The Kier molecular flexibility index (Phi) is 3.22. The second kappa shape index (κ2) is 4.65. The van der Waals surface area contributed by atoms with E-state index >= 15 is 0 Å². The molecule has 1 aromatic rings. The molecular formula is C13H16O4. The van der Waals surface area contributed by atoms with Crippen LogP contribution in [0.5, 0.6) is 17.2 Å².